The van der Waals surface area contributed by atoms with Crippen molar-refractivity contribution in [2.45, 2.75) is 50.2 Å². The van der Waals surface area contributed by atoms with Gasteiger partial charge in [0.2, 0.25) is 5.91 Å². The Balaban J connectivity index is 1.38. The van der Waals surface area contributed by atoms with Crippen molar-refractivity contribution in [2.24, 2.45) is 13.0 Å². The van der Waals surface area contributed by atoms with Gasteiger partial charge in [-0.1, -0.05) is 0 Å². The van der Waals surface area contributed by atoms with Gasteiger partial charge in [0.25, 0.3) is 0 Å². The molecule has 126 valence electrons. The SMILES string of the molecule is CC1CC(NC(=O)[C@H]2CNC[C@@H]2c2cnn(C)c2)CN1C1CC1. The molecule has 6 nitrogen and oxygen atoms in total. The van der Waals surface area contributed by atoms with Crippen LogP contribution in [0.25, 0.3) is 0 Å². The molecule has 1 saturated carbocycles. The summed E-state index contributed by atoms with van der Waals surface area (Å²) in [5.41, 5.74) is 1.16. The summed E-state index contributed by atoms with van der Waals surface area (Å²) in [5.74, 6) is 0.463. The maximum Gasteiger partial charge on any atom is 0.225 e. The number of aryl methyl sites for hydroxylation is 1. The highest BCUT2D eigenvalue weighted by atomic mass is 16.2. The fourth-order valence-electron chi connectivity index (χ4n) is 4.32. The Morgan fingerprint density at radius 3 is 2.91 bits per heavy atom. The molecule has 0 radical (unpaired) electrons. The highest BCUT2D eigenvalue weighted by Crippen LogP contribution is 2.34. The first-order chi connectivity index (χ1) is 11.1. The van der Waals surface area contributed by atoms with E-state index in [1.165, 1.54) is 12.8 Å². The third-order valence-electron chi connectivity index (χ3n) is 5.69. The second-order valence-corrected chi connectivity index (χ2v) is 7.54. The van der Waals surface area contributed by atoms with Crippen LogP contribution >= 0.6 is 0 Å². The minimum Gasteiger partial charge on any atom is -0.352 e. The smallest absolute Gasteiger partial charge is 0.225 e. The molecule has 4 atom stereocenters. The quantitative estimate of drug-likeness (QED) is 0.847. The number of carbonyl (C=O) groups is 1. The van der Waals surface area contributed by atoms with Crippen molar-refractivity contribution in [3.63, 3.8) is 0 Å². The number of hydrogen-bond donors (Lipinski definition) is 2. The average Bonchev–Trinajstić information content (AvgIpc) is 2.93. The van der Waals surface area contributed by atoms with Gasteiger partial charge < -0.3 is 10.6 Å². The van der Waals surface area contributed by atoms with Crippen LogP contribution in [-0.2, 0) is 11.8 Å². The first-order valence-electron chi connectivity index (χ1n) is 8.87. The number of hydrogen-bond acceptors (Lipinski definition) is 4. The van der Waals surface area contributed by atoms with Gasteiger partial charge in [-0.2, -0.15) is 5.10 Å². The maximum atomic E-state index is 12.8. The van der Waals surface area contributed by atoms with Gasteiger partial charge in [-0.15, -0.1) is 0 Å². The van der Waals surface area contributed by atoms with Gasteiger partial charge in [-0.05, 0) is 31.7 Å². The molecular weight excluding hydrogens is 290 g/mol. The van der Waals surface area contributed by atoms with E-state index >= 15 is 0 Å². The Morgan fingerprint density at radius 2 is 2.22 bits per heavy atom. The van der Waals surface area contributed by atoms with E-state index in [1.54, 1.807) is 0 Å². The molecule has 1 aliphatic carbocycles. The van der Waals surface area contributed by atoms with Crippen LogP contribution in [0, 0.1) is 5.92 Å². The second-order valence-electron chi connectivity index (χ2n) is 7.54. The maximum absolute atomic E-state index is 12.8. The van der Waals surface area contributed by atoms with Gasteiger partial charge in [0.1, 0.15) is 0 Å². The van der Waals surface area contributed by atoms with Crippen LogP contribution in [0.5, 0.6) is 0 Å². The summed E-state index contributed by atoms with van der Waals surface area (Å²) in [4.78, 5) is 15.4. The van der Waals surface area contributed by atoms with Gasteiger partial charge in [0, 0.05) is 56.9 Å². The van der Waals surface area contributed by atoms with Crippen molar-refractivity contribution in [2.75, 3.05) is 19.6 Å². The van der Waals surface area contributed by atoms with Crippen molar-refractivity contribution in [3.05, 3.63) is 18.0 Å². The zero-order valence-electron chi connectivity index (χ0n) is 14.0. The molecule has 0 aromatic carbocycles. The lowest BCUT2D eigenvalue weighted by molar-refractivity contribution is -0.125. The Kier molecular flexibility index (Phi) is 3.89. The molecule has 1 amide bonds. The van der Waals surface area contributed by atoms with Crippen LogP contribution in [-0.4, -0.2) is 58.3 Å². The summed E-state index contributed by atoms with van der Waals surface area (Å²) in [5, 5.41) is 11.0. The Bertz CT molecular complexity index is 581. The van der Waals surface area contributed by atoms with E-state index in [9.17, 15) is 4.79 Å². The van der Waals surface area contributed by atoms with Crippen molar-refractivity contribution >= 4 is 5.91 Å². The topological polar surface area (TPSA) is 62.2 Å². The predicted octanol–water partition coefficient (Wildman–Crippen LogP) is 0.465. The van der Waals surface area contributed by atoms with Gasteiger partial charge >= 0.3 is 0 Å². The summed E-state index contributed by atoms with van der Waals surface area (Å²) < 4.78 is 1.81. The van der Waals surface area contributed by atoms with E-state index in [4.69, 9.17) is 0 Å². The standard InChI is InChI=1S/C17H27N5O/c1-11-5-13(10-22(11)14-3-4-14)20-17(23)16-8-18-7-15(16)12-6-19-21(2)9-12/h6,9,11,13-16,18H,3-5,7-8,10H2,1-2H3,(H,20,23)/t11?,13?,15-,16+/m1/s1. The zero-order valence-corrected chi connectivity index (χ0v) is 14.0. The largest absolute Gasteiger partial charge is 0.352 e. The van der Waals surface area contributed by atoms with Crippen LogP contribution in [0.15, 0.2) is 12.4 Å². The molecule has 2 aliphatic heterocycles. The van der Waals surface area contributed by atoms with Crippen LogP contribution in [0.1, 0.15) is 37.7 Å². The molecule has 3 aliphatic rings. The van der Waals surface area contributed by atoms with Crippen molar-refractivity contribution in [3.8, 4) is 0 Å². The van der Waals surface area contributed by atoms with Gasteiger partial charge in [-0.3, -0.25) is 14.4 Å². The third-order valence-corrected chi connectivity index (χ3v) is 5.69. The average molecular weight is 317 g/mol. The van der Waals surface area contributed by atoms with E-state index in [-0.39, 0.29) is 17.7 Å². The van der Waals surface area contributed by atoms with Gasteiger partial charge in [0.05, 0.1) is 12.1 Å². The third kappa shape index (κ3) is 3.02. The van der Waals surface area contributed by atoms with Gasteiger partial charge in [-0.25, -0.2) is 0 Å². The zero-order chi connectivity index (χ0) is 16.0. The highest BCUT2D eigenvalue weighted by molar-refractivity contribution is 5.80. The van der Waals surface area contributed by atoms with Crippen molar-refractivity contribution in [1.82, 2.24) is 25.3 Å². The molecule has 1 aromatic rings. The monoisotopic (exact) mass is 317 g/mol. The molecule has 3 fully saturated rings. The number of rotatable bonds is 4. The highest BCUT2D eigenvalue weighted by Gasteiger charge is 2.41. The number of nitrogens with zero attached hydrogens (tertiary/aromatic N) is 3. The van der Waals surface area contributed by atoms with E-state index in [1.807, 2.05) is 24.1 Å². The molecule has 4 rings (SSSR count). The van der Waals surface area contributed by atoms with Gasteiger partial charge in [0.15, 0.2) is 0 Å². The normalized spacial score (nSPS) is 34.9. The van der Waals surface area contributed by atoms with Crippen LogP contribution in [0.3, 0.4) is 0 Å². The lowest BCUT2D eigenvalue weighted by Crippen LogP contribution is -2.42. The molecule has 3 heterocycles. The first kappa shape index (κ1) is 15.1. The van der Waals surface area contributed by atoms with E-state index in [0.29, 0.717) is 12.1 Å². The summed E-state index contributed by atoms with van der Waals surface area (Å²) in [6, 6.07) is 1.69. The Hall–Kier alpha value is -1.40. The van der Waals surface area contributed by atoms with Crippen LogP contribution in [0.4, 0.5) is 0 Å². The number of nitrogens with one attached hydrogen (secondary N) is 2. The molecular formula is C17H27N5O. The number of carbonyl (C=O) groups excluding carboxylic acids is 1. The number of likely N-dealkylation sites (tertiary alicyclic amines) is 1. The second kappa shape index (κ2) is 5.91. The summed E-state index contributed by atoms with van der Waals surface area (Å²) >= 11 is 0. The summed E-state index contributed by atoms with van der Waals surface area (Å²) in [6.07, 6.45) is 7.68. The Morgan fingerprint density at radius 1 is 1.39 bits per heavy atom. The van der Waals surface area contributed by atoms with E-state index < -0.39 is 0 Å². The molecule has 0 spiro atoms. The van der Waals surface area contributed by atoms with Crippen LogP contribution in [0.2, 0.25) is 0 Å². The van der Waals surface area contributed by atoms with E-state index in [0.717, 1.165) is 37.7 Å². The fourth-order valence-corrected chi connectivity index (χ4v) is 4.32. The minimum atomic E-state index is 0.0180. The Labute approximate surface area is 137 Å². The molecule has 2 saturated heterocycles. The molecule has 2 unspecified atom stereocenters. The lowest BCUT2D eigenvalue weighted by Gasteiger charge is -2.21. The summed E-state index contributed by atoms with van der Waals surface area (Å²) in [6.45, 7) is 4.94. The molecule has 1 aromatic heterocycles. The van der Waals surface area contributed by atoms with Crippen molar-refractivity contribution < 1.29 is 4.79 Å². The first-order valence-corrected chi connectivity index (χ1v) is 8.87. The predicted molar refractivity (Wildman–Crippen MR) is 88.0 cm³/mol. The number of amides is 1. The van der Waals surface area contributed by atoms with Crippen LogP contribution < -0.4 is 10.6 Å². The van der Waals surface area contributed by atoms with E-state index in [2.05, 4.69) is 27.6 Å². The molecule has 6 heteroatoms. The number of aromatic nitrogens is 2. The lowest BCUT2D eigenvalue weighted by atomic mass is 9.90. The summed E-state index contributed by atoms with van der Waals surface area (Å²) in [7, 11) is 1.92. The molecule has 23 heavy (non-hydrogen) atoms. The molecule has 0 bridgehead atoms. The molecule has 2 N–H and O–H groups in total. The minimum absolute atomic E-state index is 0.0180. The fraction of sp³-hybridized carbons (Fsp3) is 0.765. The van der Waals surface area contributed by atoms with Crippen molar-refractivity contribution in [1.29, 1.82) is 0 Å².